The van der Waals surface area contributed by atoms with Crippen LogP contribution in [0.5, 0.6) is 0 Å². The van der Waals surface area contributed by atoms with Gasteiger partial charge >= 0.3 is 6.15 Å². The van der Waals surface area contributed by atoms with Crippen LogP contribution in [0.2, 0.25) is 0 Å². The van der Waals surface area contributed by atoms with E-state index in [2.05, 4.69) is 36.2 Å². The topological polar surface area (TPSA) is 47.0 Å². The van der Waals surface area contributed by atoms with Gasteiger partial charge in [-0.25, -0.2) is 0 Å². The highest BCUT2D eigenvalue weighted by molar-refractivity contribution is 5.63. The molecule has 2 aromatic rings. The van der Waals surface area contributed by atoms with Crippen LogP contribution in [-0.4, -0.2) is 11.1 Å². The van der Waals surface area contributed by atoms with E-state index < -0.39 is 0 Å². The summed E-state index contributed by atoms with van der Waals surface area (Å²) in [5, 5.41) is 0. The number of pyridine rings is 1. The largest absolute Gasteiger partial charge is 0.373 e. The van der Waals surface area contributed by atoms with Crippen molar-refractivity contribution in [3.63, 3.8) is 0 Å². The van der Waals surface area contributed by atoms with Crippen molar-refractivity contribution >= 4 is 6.15 Å². The van der Waals surface area contributed by atoms with E-state index in [9.17, 15) is 0 Å². The highest BCUT2D eigenvalue weighted by atomic mass is 16.2. The smallest absolute Gasteiger partial charge is 0.265 e. The van der Waals surface area contributed by atoms with Crippen LogP contribution in [0.4, 0.5) is 0 Å². The zero-order valence-electron chi connectivity index (χ0n) is 8.88. The molecule has 0 fully saturated rings. The van der Waals surface area contributed by atoms with Gasteiger partial charge in [-0.1, -0.05) is 29.8 Å². The van der Waals surface area contributed by atoms with Gasteiger partial charge in [-0.15, -0.1) is 0 Å². The molecule has 0 unspecified atom stereocenters. The monoisotopic (exact) mass is 213 g/mol. The standard InChI is InChI=1S/C12H11N.CO2/c1-10-3-2-4-12(9-10)11-5-7-13-8-6-11;2-1-3/h2-9H,1H3;. The average Bonchev–Trinajstić information content (AvgIpc) is 2.31. The summed E-state index contributed by atoms with van der Waals surface area (Å²) in [6.45, 7) is 2.10. The molecular formula is C13H11NO2. The number of hydrogen-bond donors (Lipinski definition) is 0. The first kappa shape index (κ1) is 11.8. The molecule has 2 rings (SSSR count). The minimum atomic E-state index is 0.250. The minimum absolute atomic E-state index is 0.250. The van der Waals surface area contributed by atoms with E-state index in [0.717, 1.165) is 0 Å². The quantitative estimate of drug-likeness (QED) is 0.731. The molecule has 0 aliphatic heterocycles. The fourth-order valence-corrected chi connectivity index (χ4v) is 1.37. The molecule has 0 saturated carbocycles. The summed E-state index contributed by atoms with van der Waals surface area (Å²) in [4.78, 5) is 20.2. The first-order valence-corrected chi connectivity index (χ1v) is 4.74. The Morgan fingerprint density at radius 1 is 1.00 bits per heavy atom. The number of nitrogens with zero attached hydrogens (tertiary/aromatic N) is 1. The second-order valence-electron chi connectivity index (χ2n) is 3.19. The van der Waals surface area contributed by atoms with Gasteiger partial charge in [0.15, 0.2) is 0 Å². The van der Waals surface area contributed by atoms with Gasteiger partial charge in [-0.3, -0.25) is 4.98 Å². The third-order valence-corrected chi connectivity index (χ3v) is 2.03. The Labute approximate surface area is 93.8 Å². The zero-order chi connectivity index (χ0) is 11.8. The molecule has 0 saturated heterocycles. The molecule has 80 valence electrons. The van der Waals surface area contributed by atoms with Crippen LogP contribution < -0.4 is 0 Å². The normalized spacial score (nSPS) is 8.56. The molecule has 0 bridgehead atoms. The van der Waals surface area contributed by atoms with E-state index in [4.69, 9.17) is 9.59 Å². The number of aromatic nitrogens is 1. The number of aryl methyl sites for hydroxylation is 1. The molecule has 0 radical (unpaired) electrons. The van der Waals surface area contributed by atoms with Gasteiger partial charge in [0.25, 0.3) is 0 Å². The third-order valence-electron chi connectivity index (χ3n) is 2.03. The van der Waals surface area contributed by atoms with Crippen LogP contribution in [0.25, 0.3) is 11.1 Å². The Kier molecular flexibility index (Phi) is 4.64. The fourth-order valence-electron chi connectivity index (χ4n) is 1.37. The van der Waals surface area contributed by atoms with Crippen molar-refractivity contribution in [3.8, 4) is 11.1 Å². The first-order chi connectivity index (χ1) is 7.77. The molecule has 0 aliphatic rings. The number of carbonyl (C=O) groups excluding carboxylic acids is 2. The van der Waals surface area contributed by atoms with E-state index in [1.807, 2.05) is 24.5 Å². The van der Waals surface area contributed by atoms with Crippen LogP contribution >= 0.6 is 0 Å². The van der Waals surface area contributed by atoms with Crippen LogP contribution in [0, 0.1) is 6.92 Å². The van der Waals surface area contributed by atoms with Crippen molar-refractivity contribution in [3.05, 3.63) is 54.4 Å². The maximum Gasteiger partial charge on any atom is 0.373 e. The highest BCUT2D eigenvalue weighted by Crippen LogP contribution is 2.18. The summed E-state index contributed by atoms with van der Waals surface area (Å²) in [5.41, 5.74) is 3.76. The van der Waals surface area contributed by atoms with Crippen molar-refractivity contribution in [2.24, 2.45) is 0 Å². The lowest BCUT2D eigenvalue weighted by molar-refractivity contribution is -0.191. The number of benzene rings is 1. The number of hydrogen-bond acceptors (Lipinski definition) is 3. The van der Waals surface area contributed by atoms with Crippen LogP contribution in [0.3, 0.4) is 0 Å². The van der Waals surface area contributed by atoms with Gasteiger partial charge < -0.3 is 0 Å². The lowest BCUT2D eigenvalue weighted by Gasteiger charge is -2.01. The predicted octanol–water partition coefficient (Wildman–Crippen LogP) is 2.47. The van der Waals surface area contributed by atoms with Crippen LogP contribution in [0.15, 0.2) is 48.8 Å². The van der Waals surface area contributed by atoms with Crippen molar-refractivity contribution in [2.75, 3.05) is 0 Å². The van der Waals surface area contributed by atoms with Gasteiger partial charge in [0.1, 0.15) is 0 Å². The van der Waals surface area contributed by atoms with E-state index >= 15 is 0 Å². The lowest BCUT2D eigenvalue weighted by Crippen LogP contribution is -1.79. The third kappa shape index (κ3) is 3.48. The zero-order valence-corrected chi connectivity index (χ0v) is 8.88. The van der Waals surface area contributed by atoms with Crippen molar-refractivity contribution in [1.82, 2.24) is 4.98 Å². The Morgan fingerprint density at radius 3 is 2.19 bits per heavy atom. The SMILES string of the molecule is Cc1cccc(-c2ccncc2)c1.O=C=O. The molecule has 0 aliphatic carbocycles. The molecule has 16 heavy (non-hydrogen) atoms. The van der Waals surface area contributed by atoms with Crippen LogP contribution in [-0.2, 0) is 9.59 Å². The van der Waals surface area contributed by atoms with E-state index in [0.29, 0.717) is 0 Å². The minimum Gasteiger partial charge on any atom is -0.265 e. The van der Waals surface area contributed by atoms with E-state index in [-0.39, 0.29) is 6.15 Å². The van der Waals surface area contributed by atoms with Crippen LogP contribution in [0.1, 0.15) is 5.56 Å². The number of rotatable bonds is 1. The lowest BCUT2D eigenvalue weighted by atomic mass is 10.1. The summed E-state index contributed by atoms with van der Waals surface area (Å²) in [5.74, 6) is 0. The summed E-state index contributed by atoms with van der Waals surface area (Å²) in [6.07, 6.45) is 3.88. The average molecular weight is 213 g/mol. The summed E-state index contributed by atoms with van der Waals surface area (Å²) >= 11 is 0. The predicted molar refractivity (Wildman–Crippen MR) is 59.4 cm³/mol. The molecule has 3 nitrogen and oxygen atoms in total. The first-order valence-electron chi connectivity index (χ1n) is 4.74. The van der Waals surface area contributed by atoms with Crippen molar-refractivity contribution < 1.29 is 9.59 Å². The van der Waals surface area contributed by atoms with Gasteiger partial charge in [0, 0.05) is 12.4 Å². The molecule has 0 atom stereocenters. The molecule has 1 aromatic carbocycles. The fraction of sp³-hybridized carbons (Fsp3) is 0.0769. The van der Waals surface area contributed by atoms with Gasteiger partial charge in [0.2, 0.25) is 0 Å². The Morgan fingerprint density at radius 2 is 1.62 bits per heavy atom. The maximum absolute atomic E-state index is 8.12. The molecule has 0 spiro atoms. The second kappa shape index (κ2) is 6.27. The molecule has 1 heterocycles. The summed E-state index contributed by atoms with van der Waals surface area (Å²) < 4.78 is 0. The highest BCUT2D eigenvalue weighted by Gasteiger charge is 1.95. The molecule has 3 heteroatoms. The molecular weight excluding hydrogens is 202 g/mol. The van der Waals surface area contributed by atoms with E-state index in [1.165, 1.54) is 16.7 Å². The Balaban J connectivity index is 0.000000386. The second-order valence-corrected chi connectivity index (χ2v) is 3.19. The summed E-state index contributed by atoms with van der Waals surface area (Å²) in [7, 11) is 0. The maximum atomic E-state index is 8.12. The van der Waals surface area contributed by atoms with Gasteiger partial charge in [-0.2, -0.15) is 9.59 Å². The van der Waals surface area contributed by atoms with Crippen molar-refractivity contribution in [1.29, 1.82) is 0 Å². The van der Waals surface area contributed by atoms with E-state index in [1.54, 1.807) is 0 Å². The Bertz CT molecular complexity index is 474. The molecule has 0 N–H and O–H groups in total. The van der Waals surface area contributed by atoms with Crippen molar-refractivity contribution in [2.45, 2.75) is 6.92 Å². The van der Waals surface area contributed by atoms with Gasteiger partial charge in [-0.05, 0) is 30.2 Å². The summed E-state index contributed by atoms with van der Waals surface area (Å²) in [6, 6.07) is 12.5. The van der Waals surface area contributed by atoms with Gasteiger partial charge in [0.05, 0.1) is 0 Å². The Hall–Kier alpha value is -2.25. The molecule has 0 amide bonds. The molecule has 1 aromatic heterocycles.